The van der Waals surface area contributed by atoms with Gasteiger partial charge >= 0.3 is 5.97 Å². The number of ether oxygens (including phenoxy) is 1. The molecule has 0 spiro atoms. The lowest BCUT2D eigenvalue weighted by atomic mass is 9.74. The van der Waals surface area contributed by atoms with Crippen LogP contribution in [-0.4, -0.2) is 36.2 Å². The van der Waals surface area contributed by atoms with E-state index in [0.717, 1.165) is 12.8 Å². The average molecular weight is 390 g/mol. The van der Waals surface area contributed by atoms with Gasteiger partial charge in [-0.05, 0) is 37.5 Å². The van der Waals surface area contributed by atoms with E-state index in [1.807, 2.05) is 0 Å². The van der Waals surface area contributed by atoms with Crippen molar-refractivity contribution in [3.63, 3.8) is 0 Å². The lowest BCUT2D eigenvalue weighted by Gasteiger charge is -2.43. The van der Waals surface area contributed by atoms with E-state index in [4.69, 9.17) is 20.8 Å². The first-order chi connectivity index (χ1) is 13.0. The van der Waals surface area contributed by atoms with Crippen LogP contribution >= 0.6 is 11.6 Å². The molecule has 142 valence electrons. The van der Waals surface area contributed by atoms with Crippen LogP contribution in [0.4, 0.5) is 0 Å². The Balaban J connectivity index is 1.84. The molecule has 1 amide bonds. The van der Waals surface area contributed by atoms with Gasteiger partial charge in [-0.25, -0.2) is 4.79 Å². The van der Waals surface area contributed by atoms with E-state index >= 15 is 0 Å². The van der Waals surface area contributed by atoms with Gasteiger partial charge in [-0.1, -0.05) is 29.8 Å². The standard InChI is InChI=1S/C20H20ClNO5/c1-22(18(24)13-27-19(25)16-9-6-12-26-16)20(11-5-4-10-17(20)23)14-7-2-3-8-15(14)21/h2-3,6-9,12H,4-5,10-11,13H2,1H3/t20-/m1/s1. The van der Waals surface area contributed by atoms with E-state index in [9.17, 15) is 14.4 Å². The van der Waals surface area contributed by atoms with Crippen molar-refractivity contribution in [3.8, 4) is 0 Å². The van der Waals surface area contributed by atoms with Crippen LogP contribution in [0.2, 0.25) is 5.02 Å². The van der Waals surface area contributed by atoms with Gasteiger partial charge in [0.1, 0.15) is 5.54 Å². The number of rotatable bonds is 5. The van der Waals surface area contributed by atoms with Gasteiger partial charge in [0, 0.05) is 24.1 Å². The first kappa shape index (κ1) is 19.2. The van der Waals surface area contributed by atoms with Gasteiger partial charge in [-0.15, -0.1) is 0 Å². The van der Waals surface area contributed by atoms with Crippen LogP contribution in [0, 0.1) is 0 Å². The molecule has 1 aliphatic rings. The fourth-order valence-corrected chi connectivity index (χ4v) is 3.82. The van der Waals surface area contributed by atoms with Gasteiger partial charge in [0.25, 0.3) is 5.91 Å². The van der Waals surface area contributed by atoms with E-state index in [-0.39, 0.29) is 11.5 Å². The Hall–Kier alpha value is -2.60. The Bertz CT molecular complexity index is 848. The third-order valence-electron chi connectivity index (χ3n) is 4.97. The second kappa shape index (κ2) is 7.96. The summed E-state index contributed by atoms with van der Waals surface area (Å²) in [6.07, 6.45) is 3.76. The van der Waals surface area contributed by atoms with E-state index in [0.29, 0.717) is 23.4 Å². The van der Waals surface area contributed by atoms with Gasteiger partial charge in [0.15, 0.2) is 12.4 Å². The van der Waals surface area contributed by atoms with Crippen LogP contribution < -0.4 is 0 Å². The van der Waals surface area contributed by atoms with Crippen LogP contribution in [0.1, 0.15) is 41.8 Å². The summed E-state index contributed by atoms with van der Waals surface area (Å²) in [5, 5.41) is 0.431. The second-order valence-electron chi connectivity index (χ2n) is 6.48. The van der Waals surface area contributed by atoms with E-state index in [1.54, 1.807) is 37.4 Å². The van der Waals surface area contributed by atoms with Crippen molar-refractivity contribution in [2.75, 3.05) is 13.7 Å². The highest BCUT2D eigenvalue weighted by atomic mass is 35.5. The van der Waals surface area contributed by atoms with Crippen molar-refractivity contribution in [1.82, 2.24) is 4.90 Å². The highest BCUT2D eigenvalue weighted by Crippen LogP contribution is 2.42. The number of ketones is 1. The summed E-state index contributed by atoms with van der Waals surface area (Å²) in [5.74, 6) is -1.26. The predicted octanol–water partition coefficient (Wildman–Crippen LogP) is 3.59. The normalized spacial score (nSPS) is 19.6. The van der Waals surface area contributed by atoms with Crippen molar-refractivity contribution < 1.29 is 23.5 Å². The summed E-state index contributed by atoms with van der Waals surface area (Å²) in [6, 6.07) is 10.0. The van der Waals surface area contributed by atoms with Crippen LogP contribution in [-0.2, 0) is 19.9 Å². The molecule has 27 heavy (non-hydrogen) atoms. The minimum Gasteiger partial charge on any atom is -0.457 e. The molecule has 6 nitrogen and oxygen atoms in total. The molecule has 0 unspecified atom stereocenters. The number of furan rings is 1. The molecule has 0 saturated heterocycles. The number of benzene rings is 1. The number of likely N-dealkylation sites (N-methyl/N-ethyl adjacent to an activating group) is 1. The van der Waals surface area contributed by atoms with Gasteiger partial charge in [-0.2, -0.15) is 0 Å². The average Bonchev–Trinajstić information content (AvgIpc) is 3.21. The van der Waals surface area contributed by atoms with Crippen LogP contribution in [0.25, 0.3) is 0 Å². The minimum absolute atomic E-state index is 0.0139. The molecular formula is C20H20ClNO5. The molecule has 1 fully saturated rings. The summed E-state index contributed by atoms with van der Waals surface area (Å²) in [4.78, 5) is 39.0. The van der Waals surface area contributed by atoms with Crippen LogP contribution in [0.3, 0.4) is 0 Å². The number of amides is 1. The third kappa shape index (κ3) is 3.62. The Morgan fingerprint density at radius 2 is 2.00 bits per heavy atom. The molecule has 0 aliphatic heterocycles. The molecule has 7 heteroatoms. The Morgan fingerprint density at radius 3 is 2.67 bits per heavy atom. The Kier molecular flexibility index (Phi) is 5.65. The Morgan fingerprint density at radius 1 is 1.22 bits per heavy atom. The molecule has 1 aromatic heterocycles. The molecule has 3 rings (SSSR count). The number of hydrogen-bond acceptors (Lipinski definition) is 5. The molecule has 0 bridgehead atoms. The van der Waals surface area contributed by atoms with E-state index < -0.39 is 24.0 Å². The number of Topliss-reactive ketones (excluding diaryl/α,β-unsaturated/α-hetero) is 1. The molecule has 1 saturated carbocycles. The van der Waals surface area contributed by atoms with Crippen LogP contribution in [0.5, 0.6) is 0 Å². The largest absolute Gasteiger partial charge is 0.457 e. The van der Waals surface area contributed by atoms with Gasteiger partial charge < -0.3 is 14.1 Å². The van der Waals surface area contributed by atoms with E-state index in [1.165, 1.54) is 17.2 Å². The number of hydrogen-bond donors (Lipinski definition) is 0. The highest BCUT2D eigenvalue weighted by molar-refractivity contribution is 6.31. The highest BCUT2D eigenvalue weighted by Gasteiger charge is 2.48. The third-order valence-corrected chi connectivity index (χ3v) is 5.30. The summed E-state index contributed by atoms with van der Waals surface area (Å²) in [7, 11) is 1.55. The monoisotopic (exact) mass is 389 g/mol. The number of halogens is 1. The molecule has 1 aromatic carbocycles. The number of nitrogens with zero attached hydrogens (tertiary/aromatic N) is 1. The smallest absolute Gasteiger partial charge is 0.374 e. The SMILES string of the molecule is CN(C(=O)COC(=O)c1ccco1)[C@@]1(c2ccccc2Cl)CCCCC1=O. The van der Waals surface area contributed by atoms with Gasteiger partial charge in [0.2, 0.25) is 5.76 Å². The first-order valence-corrected chi connectivity index (χ1v) is 9.10. The topological polar surface area (TPSA) is 76.8 Å². The molecule has 0 radical (unpaired) electrons. The number of carbonyl (C=O) groups excluding carboxylic acids is 3. The van der Waals surface area contributed by atoms with Crippen LogP contribution in [0.15, 0.2) is 47.1 Å². The quantitative estimate of drug-likeness (QED) is 0.730. The zero-order chi connectivity index (χ0) is 19.4. The minimum atomic E-state index is -1.15. The van der Waals surface area contributed by atoms with Crippen molar-refractivity contribution >= 4 is 29.3 Å². The van der Waals surface area contributed by atoms with E-state index in [2.05, 4.69) is 0 Å². The second-order valence-corrected chi connectivity index (χ2v) is 6.88. The molecule has 1 atom stereocenters. The molecule has 1 heterocycles. The zero-order valence-corrected chi connectivity index (χ0v) is 15.7. The lowest BCUT2D eigenvalue weighted by molar-refractivity contribution is -0.150. The maximum absolute atomic E-state index is 13.0. The Labute approximate surface area is 162 Å². The zero-order valence-electron chi connectivity index (χ0n) is 14.9. The summed E-state index contributed by atoms with van der Waals surface area (Å²) < 4.78 is 9.99. The molecule has 1 aliphatic carbocycles. The summed E-state index contributed by atoms with van der Waals surface area (Å²) in [6.45, 7) is -0.491. The van der Waals surface area contributed by atoms with Gasteiger partial charge in [-0.3, -0.25) is 9.59 Å². The lowest BCUT2D eigenvalue weighted by Crippen LogP contribution is -2.55. The summed E-state index contributed by atoms with van der Waals surface area (Å²) >= 11 is 6.37. The van der Waals surface area contributed by atoms with Crippen molar-refractivity contribution in [3.05, 3.63) is 59.0 Å². The van der Waals surface area contributed by atoms with Crippen molar-refractivity contribution in [2.45, 2.75) is 31.2 Å². The first-order valence-electron chi connectivity index (χ1n) is 8.72. The maximum Gasteiger partial charge on any atom is 0.374 e. The number of esters is 1. The molecular weight excluding hydrogens is 370 g/mol. The van der Waals surface area contributed by atoms with Gasteiger partial charge in [0.05, 0.1) is 6.26 Å². The summed E-state index contributed by atoms with van der Waals surface area (Å²) in [5.41, 5.74) is -0.547. The molecule has 2 aromatic rings. The maximum atomic E-state index is 13.0. The van der Waals surface area contributed by atoms with Crippen molar-refractivity contribution in [1.29, 1.82) is 0 Å². The fraction of sp³-hybridized carbons (Fsp3) is 0.350. The van der Waals surface area contributed by atoms with Crippen molar-refractivity contribution in [2.24, 2.45) is 0 Å². The number of carbonyl (C=O) groups is 3. The molecule has 0 N–H and O–H groups in total. The predicted molar refractivity (Wildman–Crippen MR) is 98.4 cm³/mol. The fourth-order valence-electron chi connectivity index (χ4n) is 3.53.